The number of anilines is 1. The second kappa shape index (κ2) is 7.65. The SMILES string of the molecule is CC(=O)Oc1cc2c(cc1Cl)C1(OC(=O)c3cc(N)ccc31)c1cc(Cl)c(OC(C)=O)cc1O2. The fraction of sp³-hybridized carbons (Fsp3) is 0.125. The fourth-order valence-electron chi connectivity index (χ4n) is 4.21. The zero-order valence-corrected chi connectivity index (χ0v) is 19.2. The molecule has 1 spiro atoms. The Morgan fingerprint density at radius 1 is 0.853 bits per heavy atom. The van der Waals surface area contributed by atoms with E-state index in [1.807, 2.05) is 0 Å². The first-order valence-electron chi connectivity index (χ1n) is 9.96. The summed E-state index contributed by atoms with van der Waals surface area (Å²) in [6.07, 6.45) is 0. The van der Waals surface area contributed by atoms with Gasteiger partial charge in [-0.2, -0.15) is 0 Å². The zero-order chi connectivity index (χ0) is 24.4. The molecule has 0 radical (unpaired) electrons. The molecule has 3 aromatic rings. The summed E-state index contributed by atoms with van der Waals surface area (Å²) in [5.41, 5.74) is 6.31. The van der Waals surface area contributed by atoms with Gasteiger partial charge in [-0.15, -0.1) is 0 Å². The Labute approximate surface area is 203 Å². The Hall–Kier alpha value is -3.75. The third kappa shape index (κ3) is 3.26. The molecule has 172 valence electrons. The molecule has 0 fully saturated rings. The van der Waals surface area contributed by atoms with E-state index in [1.165, 1.54) is 44.2 Å². The average molecular weight is 500 g/mol. The second-order valence-electron chi connectivity index (χ2n) is 7.72. The molecule has 2 aliphatic heterocycles. The number of hydrogen-bond acceptors (Lipinski definition) is 8. The monoisotopic (exact) mass is 499 g/mol. The summed E-state index contributed by atoms with van der Waals surface area (Å²) in [5.74, 6) is -1.23. The van der Waals surface area contributed by atoms with Gasteiger partial charge >= 0.3 is 17.9 Å². The van der Waals surface area contributed by atoms with Crippen molar-refractivity contribution in [1.29, 1.82) is 0 Å². The molecule has 0 amide bonds. The van der Waals surface area contributed by atoms with Gasteiger partial charge in [0, 0.05) is 48.4 Å². The van der Waals surface area contributed by atoms with Gasteiger partial charge in [0.25, 0.3) is 0 Å². The molecule has 10 heteroatoms. The van der Waals surface area contributed by atoms with Crippen molar-refractivity contribution in [3.8, 4) is 23.0 Å². The topological polar surface area (TPSA) is 114 Å². The third-order valence-electron chi connectivity index (χ3n) is 5.44. The van der Waals surface area contributed by atoms with Crippen molar-refractivity contribution in [3.05, 3.63) is 74.8 Å². The predicted octanol–water partition coefficient (Wildman–Crippen LogP) is 4.99. The van der Waals surface area contributed by atoms with Crippen LogP contribution in [0.25, 0.3) is 0 Å². The first-order valence-corrected chi connectivity index (χ1v) is 10.7. The van der Waals surface area contributed by atoms with Crippen LogP contribution in [0.4, 0.5) is 5.69 Å². The normalized spacial score (nSPS) is 14.4. The van der Waals surface area contributed by atoms with Crippen LogP contribution < -0.4 is 19.9 Å². The lowest BCUT2D eigenvalue weighted by atomic mass is 9.77. The number of carbonyl (C=O) groups is 3. The first kappa shape index (κ1) is 22.1. The van der Waals surface area contributed by atoms with Crippen molar-refractivity contribution in [2.45, 2.75) is 19.4 Å². The highest BCUT2D eigenvalue weighted by atomic mass is 35.5. The first-order chi connectivity index (χ1) is 16.1. The van der Waals surface area contributed by atoms with Crippen molar-refractivity contribution < 1.29 is 33.3 Å². The number of benzene rings is 3. The Morgan fingerprint density at radius 3 is 1.88 bits per heavy atom. The van der Waals surface area contributed by atoms with Crippen molar-refractivity contribution in [2.24, 2.45) is 0 Å². The summed E-state index contributed by atoms with van der Waals surface area (Å²) in [7, 11) is 0. The zero-order valence-electron chi connectivity index (χ0n) is 17.7. The maximum absolute atomic E-state index is 13.0. The Balaban J connectivity index is 1.83. The summed E-state index contributed by atoms with van der Waals surface area (Å²) >= 11 is 12.8. The molecule has 8 nitrogen and oxygen atoms in total. The van der Waals surface area contributed by atoms with Crippen molar-refractivity contribution in [1.82, 2.24) is 0 Å². The molecule has 0 aromatic heterocycles. The average Bonchev–Trinajstić information content (AvgIpc) is 3.03. The Morgan fingerprint density at radius 2 is 1.38 bits per heavy atom. The van der Waals surface area contributed by atoms with Gasteiger partial charge in [-0.25, -0.2) is 4.79 Å². The lowest BCUT2D eigenvalue weighted by Crippen LogP contribution is -2.33. The highest BCUT2D eigenvalue weighted by molar-refractivity contribution is 6.32. The minimum Gasteiger partial charge on any atom is -0.456 e. The predicted molar refractivity (Wildman–Crippen MR) is 122 cm³/mol. The standard InChI is InChI=1S/C24H15Cl2NO7/c1-10(28)31-21-8-19-15(6-17(21)25)24(14-4-3-12(27)5-13(14)23(30)34-24)16-7-18(26)22(32-11(2)29)9-20(16)33-19/h3-9H,27H2,1-2H3. The number of nitrogens with two attached hydrogens (primary N) is 1. The summed E-state index contributed by atoms with van der Waals surface area (Å²) in [6.45, 7) is 2.47. The van der Waals surface area contributed by atoms with Crippen LogP contribution >= 0.6 is 23.2 Å². The number of fused-ring (bicyclic) bond motifs is 6. The molecule has 34 heavy (non-hydrogen) atoms. The van der Waals surface area contributed by atoms with Crippen molar-refractivity contribution in [2.75, 3.05) is 5.73 Å². The van der Waals surface area contributed by atoms with Gasteiger partial charge in [0.15, 0.2) is 17.1 Å². The van der Waals surface area contributed by atoms with Gasteiger partial charge in [-0.1, -0.05) is 29.3 Å². The van der Waals surface area contributed by atoms with Crippen LogP contribution in [-0.2, 0) is 19.9 Å². The molecule has 2 aliphatic rings. The molecule has 5 rings (SSSR count). The molecule has 2 heterocycles. The van der Waals surface area contributed by atoms with Gasteiger partial charge in [-0.05, 0) is 24.3 Å². The van der Waals surface area contributed by atoms with E-state index in [0.717, 1.165) is 0 Å². The van der Waals surface area contributed by atoms with Crippen LogP contribution in [0.5, 0.6) is 23.0 Å². The van der Waals surface area contributed by atoms with E-state index in [2.05, 4.69) is 0 Å². The summed E-state index contributed by atoms with van der Waals surface area (Å²) in [6, 6.07) is 10.7. The van der Waals surface area contributed by atoms with Gasteiger partial charge in [0.1, 0.15) is 11.5 Å². The second-order valence-corrected chi connectivity index (χ2v) is 8.54. The van der Waals surface area contributed by atoms with E-state index in [4.69, 9.17) is 47.9 Å². The number of ether oxygens (including phenoxy) is 4. The minimum absolute atomic E-state index is 0.0579. The fourth-order valence-corrected chi connectivity index (χ4v) is 4.61. The number of hydrogen-bond donors (Lipinski definition) is 1. The largest absolute Gasteiger partial charge is 0.456 e. The Bertz CT molecular complexity index is 1360. The van der Waals surface area contributed by atoms with Crippen LogP contribution in [-0.4, -0.2) is 17.9 Å². The molecule has 0 bridgehead atoms. The summed E-state index contributed by atoms with van der Waals surface area (Å²) in [4.78, 5) is 36.1. The quantitative estimate of drug-likeness (QED) is 0.297. The van der Waals surface area contributed by atoms with Crippen molar-refractivity contribution >= 4 is 46.8 Å². The Kier molecular flexibility index (Phi) is 4.96. The van der Waals surface area contributed by atoms with Crippen LogP contribution in [0.3, 0.4) is 0 Å². The van der Waals surface area contributed by atoms with Crippen LogP contribution in [0.15, 0.2) is 42.5 Å². The highest BCUT2D eigenvalue weighted by Gasteiger charge is 2.54. The maximum atomic E-state index is 13.0. The number of nitrogen functional groups attached to an aromatic ring is 1. The van der Waals surface area contributed by atoms with E-state index in [9.17, 15) is 14.4 Å². The number of carbonyl (C=O) groups excluding carboxylic acids is 3. The van der Waals surface area contributed by atoms with E-state index < -0.39 is 23.5 Å². The molecule has 0 saturated heterocycles. The van der Waals surface area contributed by atoms with Gasteiger partial charge < -0.3 is 24.7 Å². The molecular weight excluding hydrogens is 485 g/mol. The molecular formula is C24H15Cl2NO7. The number of halogens is 2. The molecule has 2 N–H and O–H groups in total. The van der Waals surface area contributed by atoms with Gasteiger partial charge in [-0.3, -0.25) is 9.59 Å². The molecule has 0 atom stereocenters. The van der Waals surface area contributed by atoms with Crippen LogP contribution in [0.1, 0.15) is 40.9 Å². The van der Waals surface area contributed by atoms with Gasteiger partial charge in [0.2, 0.25) is 0 Å². The number of esters is 3. The molecule has 0 unspecified atom stereocenters. The third-order valence-corrected chi connectivity index (χ3v) is 6.03. The van der Waals surface area contributed by atoms with E-state index >= 15 is 0 Å². The smallest absolute Gasteiger partial charge is 0.340 e. The van der Waals surface area contributed by atoms with E-state index in [0.29, 0.717) is 22.4 Å². The van der Waals surface area contributed by atoms with Crippen LogP contribution in [0, 0.1) is 0 Å². The van der Waals surface area contributed by atoms with E-state index in [1.54, 1.807) is 12.1 Å². The van der Waals surface area contributed by atoms with E-state index in [-0.39, 0.29) is 38.6 Å². The lowest BCUT2D eigenvalue weighted by Gasteiger charge is -2.37. The van der Waals surface area contributed by atoms with Crippen molar-refractivity contribution in [3.63, 3.8) is 0 Å². The van der Waals surface area contributed by atoms with Gasteiger partial charge in [0.05, 0.1) is 15.6 Å². The molecule has 3 aromatic carbocycles. The number of rotatable bonds is 2. The lowest BCUT2D eigenvalue weighted by molar-refractivity contribution is -0.132. The van der Waals surface area contributed by atoms with Crippen LogP contribution in [0.2, 0.25) is 10.0 Å². The summed E-state index contributed by atoms with van der Waals surface area (Å²) in [5, 5.41) is 0.200. The molecule has 0 saturated carbocycles. The summed E-state index contributed by atoms with van der Waals surface area (Å²) < 4.78 is 22.5. The maximum Gasteiger partial charge on any atom is 0.340 e. The minimum atomic E-state index is -1.50. The molecule has 0 aliphatic carbocycles. The highest BCUT2D eigenvalue weighted by Crippen LogP contribution is 2.58.